The highest BCUT2D eigenvalue weighted by molar-refractivity contribution is 6.32. The summed E-state index contributed by atoms with van der Waals surface area (Å²) in [7, 11) is 1.48. The van der Waals surface area contributed by atoms with E-state index in [1.165, 1.54) is 19.4 Å². The molecule has 0 fully saturated rings. The van der Waals surface area contributed by atoms with Crippen LogP contribution in [0.1, 0.15) is 34.8 Å². The number of halogens is 1. The van der Waals surface area contributed by atoms with Crippen LogP contribution in [0.15, 0.2) is 34.9 Å². The highest BCUT2D eigenvalue weighted by Crippen LogP contribution is 2.37. The van der Waals surface area contributed by atoms with Crippen molar-refractivity contribution in [2.75, 3.05) is 20.2 Å². The summed E-state index contributed by atoms with van der Waals surface area (Å²) in [5.41, 5.74) is 0.334. The maximum Gasteiger partial charge on any atom is 0.287 e. The van der Waals surface area contributed by atoms with Gasteiger partial charge in [-0.25, -0.2) is 0 Å². The Morgan fingerprint density at radius 2 is 1.88 bits per heavy atom. The number of methoxy groups -OCH3 is 1. The van der Waals surface area contributed by atoms with E-state index in [0.717, 1.165) is 0 Å². The zero-order chi connectivity index (χ0) is 19.1. The van der Waals surface area contributed by atoms with Crippen LogP contribution in [0.25, 0.3) is 0 Å². The zero-order valence-electron chi connectivity index (χ0n) is 14.8. The molecule has 0 radical (unpaired) electrons. The van der Waals surface area contributed by atoms with Crippen LogP contribution < -0.4 is 20.1 Å². The second-order valence-corrected chi connectivity index (χ2v) is 6.05. The average Bonchev–Trinajstić information content (AvgIpc) is 3.14. The van der Waals surface area contributed by atoms with Gasteiger partial charge in [0, 0.05) is 18.7 Å². The number of rotatable bonds is 8. The van der Waals surface area contributed by atoms with Crippen LogP contribution in [0.3, 0.4) is 0 Å². The van der Waals surface area contributed by atoms with Gasteiger partial charge >= 0.3 is 0 Å². The van der Waals surface area contributed by atoms with Crippen molar-refractivity contribution in [2.45, 2.75) is 20.0 Å². The van der Waals surface area contributed by atoms with Crippen molar-refractivity contribution in [3.63, 3.8) is 0 Å². The molecular formula is C18H21ClN2O5. The Labute approximate surface area is 156 Å². The van der Waals surface area contributed by atoms with E-state index in [0.29, 0.717) is 17.1 Å². The predicted molar refractivity (Wildman–Crippen MR) is 97.1 cm³/mol. The highest BCUT2D eigenvalue weighted by Gasteiger charge is 2.17. The third kappa shape index (κ3) is 5.16. The molecule has 2 rings (SSSR count). The smallest absolute Gasteiger partial charge is 0.287 e. The normalized spacial score (nSPS) is 10.5. The van der Waals surface area contributed by atoms with Crippen molar-refractivity contribution >= 4 is 23.4 Å². The Morgan fingerprint density at radius 1 is 1.19 bits per heavy atom. The molecule has 2 aromatic rings. The second kappa shape index (κ2) is 9.15. The highest BCUT2D eigenvalue weighted by atomic mass is 35.5. The summed E-state index contributed by atoms with van der Waals surface area (Å²) in [6.45, 7) is 4.24. The molecule has 8 heteroatoms. The first kappa shape index (κ1) is 19.7. The fourth-order valence-electron chi connectivity index (χ4n) is 2.15. The van der Waals surface area contributed by atoms with E-state index in [9.17, 15) is 9.59 Å². The lowest BCUT2D eigenvalue weighted by Crippen LogP contribution is -2.34. The summed E-state index contributed by atoms with van der Waals surface area (Å²) in [4.78, 5) is 24.0. The molecule has 7 nitrogen and oxygen atoms in total. The van der Waals surface area contributed by atoms with Crippen LogP contribution in [0.4, 0.5) is 0 Å². The van der Waals surface area contributed by atoms with Gasteiger partial charge in [-0.1, -0.05) is 11.6 Å². The lowest BCUT2D eigenvalue weighted by Gasteiger charge is -2.16. The van der Waals surface area contributed by atoms with E-state index in [1.54, 1.807) is 18.2 Å². The molecule has 0 aliphatic carbocycles. The molecule has 0 bridgehead atoms. The van der Waals surface area contributed by atoms with E-state index in [4.69, 9.17) is 25.5 Å². The van der Waals surface area contributed by atoms with Gasteiger partial charge in [0.1, 0.15) is 0 Å². The number of hydrogen-bond acceptors (Lipinski definition) is 5. The Morgan fingerprint density at radius 3 is 2.46 bits per heavy atom. The van der Waals surface area contributed by atoms with Gasteiger partial charge in [0.05, 0.1) is 24.5 Å². The molecule has 0 saturated carbocycles. The quantitative estimate of drug-likeness (QED) is 0.687. The Hall–Kier alpha value is -2.67. The lowest BCUT2D eigenvalue weighted by atomic mass is 10.2. The molecule has 2 amide bonds. The van der Waals surface area contributed by atoms with Crippen LogP contribution in [-0.2, 0) is 0 Å². The van der Waals surface area contributed by atoms with Gasteiger partial charge in [0.2, 0.25) is 0 Å². The predicted octanol–water partition coefficient (Wildman–Crippen LogP) is 2.89. The van der Waals surface area contributed by atoms with E-state index in [-0.39, 0.29) is 41.8 Å². The molecule has 0 unspecified atom stereocenters. The summed E-state index contributed by atoms with van der Waals surface area (Å²) in [6.07, 6.45) is 1.33. The molecule has 0 saturated heterocycles. The minimum Gasteiger partial charge on any atom is -0.493 e. The number of carbonyl (C=O) groups excluding carboxylic acids is 2. The fourth-order valence-corrected chi connectivity index (χ4v) is 2.41. The summed E-state index contributed by atoms with van der Waals surface area (Å²) >= 11 is 6.21. The maximum atomic E-state index is 12.3. The van der Waals surface area contributed by atoms with E-state index < -0.39 is 0 Å². The van der Waals surface area contributed by atoms with Gasteiger partial charge in [0.15, 0.2) is 17.3 Å². The standard InChI is InChI=1S/C18H21ClN2O5/c1-11(2)26-16-13(19)9-12(10-15(16)24-3)17(22)20-6-7-21-18(23)14-5-4-8-25-14/h4-5,8-11H,6-7H2,1-3H3,(H,20,22)(H,21,23). The van der Waals surface area contributed by atoms with Gasteiger partial charge in [0.25, 0.3) is 11.8 Å². The average molecular weight is 381 g/mol. The number of amides is 2. The minimum absolute atomic E-state index is 0.0844. The summed E-state index contributed by atoms with van der Waals surface area (Å²) in [5.74, 6) is 0.306. The van der Waals surface area contributed by atoms with Gasteiger partial charge in [-0.2, -0.15) is 0 Å². The Bertz CT molecular complexity index is 759. The van der Waals surface area contributed by atoms with E-state index in [2.05, 4.69) is 10.6 Å². The molecule has 0 atom stereocenters. The largest absolute Gasteiger partial charge is 0.493 e. The van der Waals surface area contributed by atoms with Crippen LogP contribution in [0.5, 0.6) is 11.5 Å². The number of ether oxygens (including phenoxy) is 2. The molecule has 1 heterocycles. The monoisotopic (exact) mass is 380 g/mol. The van der Waals surface area contributed by atoms with Gasteiger partial charge in [-0.05, 0) is 38.1 Å². The van der Waals surface area contributed by atoms with Crippen LogP contribution >= 0.6 is 11.6 Å². The number of benzene rings is 1. The summed E-state index contributed by atoms with van der Waals surface area (Å²) in [5, 5.41) is 5.62. The second-order valence-electron chi connectivity index (χ2n) is 5.65. The number of furan rings is 1. The third-order valence-electron chi connectivity index (χ3n) is 3.29. The van der Waals surface area contributed by atoms with Crippen molar-refractivity contribution in [3.8, 4) is 11.5 Å². The van der Waals surface area contributed by atoms with Crippen molar-refractivity contribution in [2.24, 2.45) is 0 Å². The first-order valence-electron chi connectivity index (χ1n) is 8.06. The topological polar surface area (TPSA) is 89.8 Å². The molecule has 1 aromatic heterocycles. The number of nitrogens with one attached hydrogen (secondary N) is 2. The lowest BCUT2D eigenvalue weighted by molar-refractivity contribution is 0.0910. The fraction of sp³-hybridized carbons (Fsp3) is 0.333. The molecule has 0 spiro atoms. The van der Waals surface area contributed by atoms with E-state index in [1.807, 2.05) is 13.8 Å². The number of carbonyl (C=O) groups is 2. The van der Waals surface area contributed by atoms with Crippen molar-refractivity contribution in [1.82, 2.24) is 10.6 Å². The van der Waals surface area contributed by atoms with Crippen molar-refractivity contribution < 1.29 is 23.5 Å². The SMILES string of the molecule is COc1cc(C(=O)NCCNC(=O)c2ccco2)cc(Cl)c1OC(C)C. The zero-order valence-corrected chi connectivity index (χ0v) is 15.6. The van der Waals surface area contributed by atoms with Crippen LogP contribution in [0.2, 0.25) is 5.02 Å². The first-order chi connectivity index (χ1) is 12.4. The molecule has 0 aliphatic rings. The number of hydrogen-bond donors (Lipinski definition) is 2. The van der Waals surface area contributed by atoms with Gasteiger partial charge in [-0.15, -0.1) is 0 Å². The molecule has 1 aromatic carbocycles. The summed E-state index contributed by atoms with van der Waals surface area (Å²) in [6, 6.07) is 6.25. The van der Waals surface area contributed by atoms with Crippen LogP contribution in [0, 0.1) is 0 Å². The molecule has 140 valence electrons. The Kier molecular flexibility index (Phi) is 6.91. The third-order valence-corrected chi connectivity index (χ3v) is 3.57. The molecule has 26 heavy (non-hydrogen) atoms. The molecule has 2 N–H and O–H groups in total. The van der Waals surface area contributed by atoms with Crippen molar-refractivity contribution in [1.29, 1.82) is 0 Å². The maximum absolute atomic E-state index is 12.3. The first-order valence-corrected chi connectivity index (χ1v) is 8.44. The van der Waals surface area contributed by atoms with Gasteiger partial charge in [-0.3, -0.25) is 9.59 Å². The molecular weight excluding hydrogens is 360 g/mol. The summed E-state index contributed by atoms with van der Waals surface area (Å²) < 4.78 is 15.9. The van der Waals surface area contributed by atoms with E-state index >= 15 is 0 Å². The Balaban J connectivity index is 1.92. The minimum atomic E-state index is -0.343. The van der Waals surface area contributed by atoms with Gasteiger partial charge < -0.3 is 24.5 Å². The molecule has 0 aliphatic heterocycles. The van der Waals surface area contributed by atoms with Crippen molar-refractivity contribution in [3.05, 3.63) is 46.9 Å². The van der Waals surface area contributed by atoms with Crippen LogP contribution in [-0.4, -0.2) is 38.1 Å².